The lowest BCUT2D eigenvalue weighted by Crippen LogP contribution is -2.42. The highest BCUT2D eigenvalue weighted by Crippen LogP contribution is 2.27. The van der Waals surface area contributed by atoms with Gasteiger partial charge in [0.15, 0.2) is 0 Å². The Morgan fingerprint density at radius 3 is 2.56 bits per heavy atom. The third kappa shape index (κ3) is 1.69. The zero-order valence-electron chi connectivity index (χ0n) is 9.63. The molecule has 0 radical (unpaired) electrons. The van der Waals surface area contributed by atoms with E-state index in [0.29, 0.717) is 0 Å². The van der Waals surface area contributed by atoms with E-state index in [2.05, 4.69) is 11.9 Å². The van der Waals surface area contributed by atoms with Crippen LogP contribution in [-0.4, -0.2) is 23.9 Å². The Balaban J connectivity index is 2.35. The molecule has 84 valence electrons. The normalized spacial score (nSPS) is 19.9. The number of carbonyl (C=O) groups is 1. The maximum atomic E-state index is 11.1. The highest BCUT2D eigenvalue weighted by Gasteiger charge is 2.28. The van der Waals surface area contributed by atoms with Crippen LogP contribution in [0.15, 0.2) is 42.1 Å². The van der Waals surface area contributed by atoms with E-state index < -0.39 is 0 Å². The summed E-state index contributed by atoms with van der Waals surface area (Å²) >= 11 is 0. The highest BCUT2D eigenvalue weighted by atomic mass is 16.1. The predicted octanol–water partition coefficient (Wildman–Crippen LogP) is 2.21. The van der Waals surface area contributed by atoms with Gasteiger partial charge in [-0.25, -0.2) is 0 Å². The van der Waals surface area contributed by atoms with Gasteiger partial charge in [0, 0.05) is 12.2 Å². The van der Waals surface area contributed by atoms with Crippen molar-refractivity contribution in [1.82, 2.24) is 5.01 Å². The van der Waals surface area contributed by atoms with Gasteiger partial charge in [-0.1, -0.05) is 18.2 Å². The van der Waals surface area contributed by atoms with Crippen LogP contribution in [0.2, 0.25) is 0 Å². The molecule has 1 aromatic rings. The minimum Gasteiger partial charge on any atom is -0.301 e. The van der Waals surface area contributed by atoms with Gasteiger partial charge in [-0.2, -0.15) is 0 Å². The maximum Gasteiger partial charge on any atom is 0.148 e. The summed E-state index contributed by atoms with van der Waals surface area (Å²) < 4.78 is 0. The van der Waals surface area contributed by atoms with Gasteiger partial charge in [-0.3, -0.25) is 10.0 Å². The number of rotatable bonds is 3. The van der Waals surface area contributed by atoms with Crippen LogP contribution < -0.4 is 5.01 Å². The van der Waals surface area contributed by atoms with E-state index in [1.165, 1.54) is 0 Å². The molecule has 1 heterocycles. The number of nitrogens with zero attached hydrogens (tertiary/aromatic N) is 2. The van der Waals surface area contributed by atoms with E-state index in [4.69, 9.17) is 0 Å². The van der Waals surface area contributed by atoms with Crippen molar-refractivity contribution >= 4 is 12.0 Å². The molecular weight excluding hydrogens is 200 g/mol. The lowest BCUT2D eigenvalue weighted by atomic mass is 10.2. The summed E-state index contributed by atoms with van der Waals surface area (Å²) in [6.07, 6.45) is 2.97. The molecule has 0 amide bonds. The molecule has 1 unspecified atom stereocenters. The number of allylic oxidation sites excluding steroid dienone is 1. The second-order valence-electron chi connectivity index (χ2n) is 3.83. The number of carbonyl (C=O) groups excluding carboxylic acids is 1. The Morgan fingerprint density at radius 1 is 1.31 bits per heavy atom. The van der Waals surface area contributed by atoms with Crippen molar-refractivity contribution in [2.45, 2.75) is 19.9 Å². The lowest BCUT2D eigenvalue weighted by molar-refractivity contribution is -0.108. The first-order valence-corrected chi connectivity index (χ1v) is 5.53. The molecule has 2 rings (SSSR count). The first-order valence-electron chi connectivity index (χ1n) is 5.53. The first-order chi connectivity index (χ1) is 7.77. The lowest BCUT2D eigenvalue weighted by Gasteiger charge is -2.34. The van der Waals surface area contributed by atoms with Crippen molar-refractivity contribution in [3.8, 4) is 0 Å². The van der Waals surface area contributed by atoms with Crippen molar-refractivity contribution in [3.63, 3.8) is 0 Å². The fourth-order valence-electron chi connectivity index (χ4n) is 2.13. The van der Waals surface area contributed by atoms with Crippen LogP contribution in [0.1, 0.15) is 13.8 Å². The molecule has 1 aliphatic heterocycles. The zero-order valence-corrected chi connectivity index (χ0v) is 9.63. The van der Waals surface area contributed by atoms with E-state index in [0.717, 1.165) is 24.2 Å². The Labute approximate surface area is 95.9 Å². The fourth-order valence-corrected chi connectivity index (χ4v) is 2.13. The van der Waals surface area contributed by atoms with E-state index in [9.17, 15) is 4.79 Å². The van der Waals surface area contributed by atoms with Crippen LogP contribution >= 0.6 is 0 Å². The summed E-state index contributed by atoms with van der Waals surface area (Å²) in [5, 5.41) is 4.15. The van der Waals surface area contributed by atoms with Crippen LogP contribution in [0.4, 0.5) is 5.69 Å². The molecule has 3 heteroatoms. The first kappa shape index (κ1) is 10.7. The molecule has 0 saturated carbocycles. The van der Waals surface area contributed by atoms with Crippen LogP contribution in [-0.2, 0) is 4.79 Å². The highest BCUT2D eigenvalue weighted by molar-refractivity contribution is 5.70. The second kappa shape index (κ2) is 4.39. The average molecular weight is 216 g/mol. The van der Waals surface area contributed by atoms with Gasteiger partial charge < -0.3 is 4.79 Å². The Bertz CT molecular complexity index is 400. The molecule has 3 nitrogen and oxygen atoms in total. The third-order valence-electron chi connectivity index (χ3n) is 2.82. The van der Waals surface area contributed by atoms with Gasteiger partial charge in [0.25, 0.3) is 0 Å². The number of benzene rings is 1. The van der Waals surface area contributed by atoms with Crippen molar-refractivity contribution in [1.29, 1.82) is 0 Å². The van der Waals surface area contributed by atoms with Gasteiger partial charge >= 0.3 is 0 Å². The number of anilines is 1. The summed E-state index contributed by atoms with van der Waals surface area (Å²) in [4.78, 5) is 11.1. The topological polar surface area (TPSA) is 23.6 Å². The van der Waals surface area contributed by atoms with Gasteiger partial charge in [-0.15, -0.1) is 0 Å². The quantitative estimate of drug-likeness (QED) is 0.724. The Morgan fingerprint density at radius 2 is 2.00 bits per heavy atom. The molecule has 0 saturated heterocycles. The van der Waals surface area contributed by atoms with E-state index >= 15 is 0 Å². The summed E-state index contributed by atoms with van der Waals surface area (Å²) in [6.45, 7) is 4.98. The SMILES string of the molecule is CCN1C(C)=CC(C=O)N1c1ccccc1. The van der Waals surface area contributed by atoms with E-state index in [1.54, 1.807) is 0 Å². The molecule has 1 aliphatic rings. The molecule has 0 aliphatic carbocycles. The number of para-hydroxylation sites is 1. The minimum absolute atomic E-state index is 0.178. The van der Waals surface area contributed by atoms with Crippen LogP contribution in [0.25, 0.3) is 0 Å². The van der Waals surface area contributed by atoms with Crippen molar-refractivity contribution < 1.29 is 4.79 Å². The minimum atomic E-state index is -0.178. The van der Waals surface area contributed by atoms with Crippen molar-refractivity contribution in [2.75, 3.05) is 11.6 Å². The molecular formula is C13H16N2O. The number of hydrogen-bond acceptors (Lipinski definition) is 3. The van der Waals surface area contributed by atoms with Crippen molar-refractivity contribution in [2.24, 2.45) is 0 Å². The van der Waals surface area contributed by atoms with Gasteiger partial charge in [0.1, 0.15) is 12.3 Å². The molecule has 0 N–H and O–H groups in total. The number of hydrazine groups is 1. The molecule has 0 fully saturated rings. The smallest absolute Gasteiger partial charge is 0.148 e. The Hall–Kier alpha value is -1.77. The molecule has 0 aromatic heterocycles. The second-order valence-corrected chi connectivity index (χ2v) is 3.83. The van der Waals surface area contributed by atoms with Crippen LogP contribution in [0.5, 0.6) is 0 Å². The summed E-state index contributed by atoms with van der Waals surface area (Å²) in [7, 11) is 0. The van der Waals surface area contributed by atoms with Crippen molar-refractivity contribution in [3.05, 3.63) is 42.1 Å². The summed E-state index contributed by atoms with van der Waals surface area (Å²) in [6, 6.07) is 9.81. The van der Waals surface area contributed by atoms with Gasteiger partial charge in [0.2, 0.25) is 0 Å². The third-order valence-corrected chi connectivity index (χ3v) is 2.82. The fraction of sp³-hybridized carbons (Fsp3) is 0.308. The summed E-state index contributed by atoms with van der Waals surface area (Å²) in [5.74, 6) is 0. The largest absolute Gasteiger partial charge is 0.301 e. The molecule has 16 heavy (non-hydrogen) atoms. The maximum absolute atomic E-state index is 11.1. The van der Waals surface area contributed by atoms with E-state index in [1.807, 2.05) is 48.3 Å². The predicted molar refractivity (Wildman–Crippen MR) is 64.9 cm³/mol. The average Bonchev–Trinajstić information content (AvgIpc) is 2.66. The molecule has 1 atom stereocenters. The van der Waals surface area contributed by atoms with Gasteiger partial charge in [-0.05, 0) is 32.1 Å². The van der Waals surface area contributed by atoms with Crippen LogP contribution in [0, 0.1) is 0 Å². The van der Waals surface area contributed by atoms with Crippen LogP contribution in [0.3, 0.4) is 0 Å². The number of aldehydes is 1. The van der Waals surface area contributed by atoms with E-state index in [-0.39, 0.29) is 6.04 Å². The standard InChI is InChI=1S/C13H16N2O/c1-3-14-11(2)9-13(10-16)15(14)12-7-5-4-6-8-12/h4-10,13H,3H2,1-2H3. The Kier molecular flexibility index (Phi) is 2.95. The number of hydrogen-bond donors (Lipinski definition) is 0. The molecule has 1 aromatic carbocycles. The molecule has 0 spiro atoms. The molecule has 0 bridgehead atoms. The van der Waals surface area contributed by atoms with Gasteiger partial charge in [0.05, 0.1) is 5.69 Å². The zero-order chi connectivity index (χ0) is 11.5. The monoisotopic (exact) mass is 216 g/mol. The summed E-state index contributed by atoms with van der Waals surface area (Å²) in [5.41, 5.74) is 2.18.